The maximum Gasteiger partial charge on any atom is 0.337 e. The van der Waals surface area contributed by atoms with Crippen molar-refractivity contribution in [3.05, 3.63) is 45.7 Å². The van der Waals surface area contributed by atoms with Crippen LogP contribution in [-0.4, -0.2) is 46.2 Å². The molecule has 3 atom stereocenters. The Labute approximate surface area is 202 Å². The van der Waals surface area contributed by atoms with Gasteiger partial charge in [-0.3, -0.25) is 0 Å². The van der Waals surface area contributed by atoms with Crippen molar-refractivity contribution in [3.8, 4) is 0 Å². The van der Waals surface area contributed by atoms with Gasteiger partial charge in [-0.25, -0.2) is 9.78 Å². The van der Waals surface area contributed by atoms with E-state index < -0.39 is 23.1 Å². The van der Waals surface area contributed by atoms with Gasteiger partial charge in [-0.15, -0.1) is 22.9 Å². The zero-order valence-corrected chi connectivity index (χ0v) is 20.8. The molecule has 2 unspecified atom stereocenters. The van der Waals surface area contributed by atoms with E-state index in [2.05, 4.69) is 5.32 Å². The van der Waals surface area contributed by atoms with Gasteiger partial charge in [-0.05, 0) is 63.8 Å². The molecule has 2 aliphatic carbocycles. The average molecular weight is 489 g/mol. The summed E-state index contributed by atoms with van der Waals surface area (Å²) in [5, 5.41) is 14.4. The first-order chi connectivity index (χ1) is 15.6. The topological polar surface area (TPSA) is 80.7 Å². The third kappa shape index (κ3) is 4.32. The number of nitrogens with one attached hydrogen (secondary N) is 1. The largest absolute Gasteiger partial charge is 0.495 e. The minimum atomic E-state index is -1.12. The number of ether oxygens (including phenoxy) is 2. The molecule has 1 saturated carbocycles. The zero-order valence-electron chi connectivity index (χ0n) is 19.3. The summed E-state index contributed by atoms with van der Waals surface area (Å²) in [6.45, 7) is 8.87. The number of nitrogens with zero attached hydrogens (tertiary/aromatic N) is 1. The molecule has 176 valence electrons. The molecular weight excluding hydrogens is 460 g/mol. The van der Waals surface area contributed by atoms with Crippen LogP contribution in [0.4, 0.5) is 0 Å². The van der Waals surface area contributed by atoms with Gasteiger partial charge in [-0.2, -0.15) is 0 Å². The second kappa shape index (κ2) is 8.38. The molecule has 0 amide bonds. The first-order valence-corrected chi connectivity index (χ1v) is 12.7. The molecule has 1 aromatic carbocycles. The zero-order chi connectivity index (χ0) is 23.5. The lowest BCUT2D eigenvalue weighted by Crippen LogP contribution is -2.46. The summed E-state index contributed by atoms with van der Waals surface area (Å²) in [4.78, 5) is 17.4. The van der Waals surface area contributed by atoms with Crippen molar-refractivity contribution in [1.82, 2.24) is 10.3 Å². The van der Waals surface area contributed by atoms with E-state index in [9.17, 15) is 9.90 Å². The number of aliphatic carboxylic acids is 1. The molecule has 1 saturated heterocycles. The first kappa shape index (κ1) is 22.8. The van der Waals surface area contributed by atoms with E-state index in [4.69, 9.17) is 26.1 Å². The van der Waals surface area contributed by atoms with Gasteiger partial charge in [0.15, 0.2) is 6.10 Å². The highest BCUT2D eigenvalue weighted by Crippen LogP contribution is 2.48. The minimum Gasteiger partial charge on any atom is -0.495 e. The van der Waals surface area contributed by atoms with Crippen LogP contribution in [0, 0.1) is 6.92 Å². The standard InChI is InChI=1S/C25H29ClN2O4S/c1-12-11-15-22(33-23(28-15)13-5-6-13)18(17(12)21(24(29)30)32-25(2,3)4)14-7-8-16-20(19(14)26)27-9-10-31-16/h7-8,11,13,19-21,27H,5-6,9-10H2,1-4H3,(H,29,30)/t19?,20?,21-/m0/s1. The van der Waals surface area contributed by atoms with Crippen LogP contribution in [0.2, 0.25) is 0 Å². The number of hydrogen-bond donors (Lipinski definition) is 2. The Morgan fingerprint density at radius 1 is 1.36 bits per heavy atom. The number of carbonyl (C=O) groups is 1. The quantitative estimate of drug-likeness (QED) is 0.556. The fraction of sp³-hybridized carbons (Fsp3) is 0.520. The number of thiazole rings is 1. The predicted octanol–water partition coefficient (Wildman–Crippen LogP) is 5.30. The van der Waals surface area contributed by atoms with E-state index in [1.165, 1.54) is 0 Å². The lowest BCUT2D eigenvalue weighted by atomic mass is 9.85. The number of aromatic nitrogens is 1. The van der Waals surface area contributed by atoms with Crippen LogP contribution in [0.3, 0.4) is 0 Å². The molecule has 0 bridgehead atoms. The molecular formula is C25H29ClN2O4S. The monoisotopic (exact) mass is 488 g/mol. The molecule has 6 nitrogen and oxygen atoms in total. The molecule has 1 aliphatic heterocycles. The average Bonchev–Trinajstić information content (AvgIpc) is 3.51. The molecule has 2 N–H and O–H groups in total. The molecule has 3 aliphatic rings. The van der Waals surface area contributed by atoms with Gasteiger partial charge in [0.2, 0.25) is 0 Å². The fourth-order valence-corrected chi connectivity index (χ4v) is 6.27. The Kier molecular flexibility index (Phi) is 5.80. The second-order valence-electron chi connectivity index (χ2n) is 9.98. The highest BCUT2D eigenvalue weighted by atomic mass is 35.5. The van der Waals surface area contributed by atoms with Crippen molar-refractivity contribution in [2.75, 3.05) is 13.2 Å². The molecule has 5 rings (SSSR count). The number of halogens is 1. The van der Waals surface area contributed by atoms with Crippen molar-refractivity contribution in [2.45, 2.75) is 69.6 Å². The maximum atomic E-state index is 12.5. The number of aryl methyl sites for hydroxylation is 1. The second-order valence-corrected chi connectivity index (χ2v) is 11.5. The number of hydrogen-bond acceptors (Lipinski definition) is 6. The van der Waals surface area contributed by atoms with Gasteiger partial charge < -0.3 is 19.9 Å². The minimum absolute atomic E-state index is 0.161. The predicted molar refractivity (Wildman–Crippen MR) is 131 cm³/mol. The van der Waals surface area contributed by atoms with Gasteiger partial charge in [0.05, 0.1) is 32.2 Å². The summed E-state index contributed by atoms with van der Waals surface area (Å²) >= 11 is 8.72. The van der Waals surface area contributed by atoms with E-state index >= 15 is 0 Å². The van der Waals surface area contributed by atoms with Gasteiger partial charge in [0.25, 0.3) is 0 Å². The highest BCUT2D eigenvalue weighted by molar-refractivity contribution is 7.19. The molecule has 2 aromatic rings. The van der Waals surface area contributed by atoms with Gasteiger partial charge >= 0.3 is 5.97 Å². The number of rotatable bonds is 5. The van der Waals surface area contributed by atoms with E-state index in [1.54, 1.807) is 11.3 Å². The van der Waals surface area contributed by atoms with Crippen molar-refractivity contribution in [2.24, 2.45) is 0 Å². The lowest BCUT2D eigenvalue weighted by molar-refractivity contribution is -0.160. The van der Waals surface area contributed by atoms with Crippen molar-refractivity contribution >= 4 is 44.7 Å². The number of allylic oxidation sites excluding steroid dienone is 2. The van der Waals surface area contributed by atoms with Gasteiger partial charge in [0.1, 0.15) is 12.4 Å². The number of alkyl halides is 1. The molecule has 2 fully saturated rings. The van der Waals surface area contributed by atoms with E-state index in [0.29, 0.717) is 24.6 Å². The van der Waals surface area contributed by atoms with Crippen molar-refractivity contribution < 1.29 is 19.4 Å². The van der Waals surface area contributed by atoms with Gasteiger partial charge in [0, 0.05) is 23.6 Å². The summed E-state index contributed by atoms with van der Waals surface area (Å²) in [5.41, 5.74) is 3.47. The Morgan fingerprint density at radius 2 is 2.12 bits per heavy atom. The van der Waals surface area contributed by atoms with E-state index in [0.717, 1.165) is 50.5 Å². The van der Waals surface area contributed by atoms with Crippen LogP contribution in [-0.2, 0) is 14.3 Å². The van der Waals surface area contributed by atoms with Crippen LogP contribution in [0.5, 0.6) is 0 Å². The van der Waals surface area contributed by atoms with Crippen LogP contribution in [0.25, 0.3) is 15.8 Å². The molecule has 1 aromatic heterocycles. The summed E-state index contributed by atoms with van der Waals surface area (Å²) in [5.74, 6) is 0.310. The van der Waals surface area contributed by atoms with E-state index in [-0.39, 0.29) is 6.04 Å². The Balaban J connectivity index is 1.75. The Morgan fingerprint density at radius 3 is 2.79 bits per heavy atom. The number of morpholine rings is 1. The first-order valence-electron chi connectivity index (χ1n) is 11.4. The van der Waals surface area contributed by atoms with Crippen LogP contribution in [0.15, 0.2) is 24.0 Å². The number of carboxylic acids is 1. The SMILES string of the molecule is Cc1cc2nc(C3CC3)sc2c(C2=CC=C3OCCNC3C2Cl)c1[C@H](OC(C)(C)C)C(=O)O. The smallest absolute Gasteiger partial charge is 0.337 e. The van der Waals surface area contributed by atoms with Crippen LogP contribution in [0.1, 0.15) is 67.3 Å². The molecule has 0 radical (unpaired) electrons. The fourth-order valence-electron chi connectivity index (χ4n) is 4.58. The summed E-state index contributed by atoms with van der Waals surface area (Å²) in [7, 11) is 0. The van der Waals surface area contributed by atoms with Crippen molar-refractivity contribution in [3.63, 3.8) is 0 Å². The number of benzene rings is 1. The van der Waals surface area contributed by atoms with Crippen molar-refractivity contribution in [1.29, 1.82) is 0 Å². The molecule has 2 heterocycles. The number of carboxylic acid groups (broad SMARTS) is 1. The molecule has 33 heavy (non-hydrogen) atoms. The third-order valence-corrected chi connectivity index (χ3v) is 7.91. The number of fused-ring (bicyclic) bond motifs is 2. The normalized spacial score (nSPS) is 24.0. The Bertz CT molecular complexity index is 1180. The summed E-state index contributed by atoms with van der Waals surface area (Å²) < 4.78 is 12.9. The molecule has 8 heteroatoms. The highest BCUT2D eigenvalue weighted by Gasteiger charge is 2.39. The van der Waals surface area contributed by atoms with E-state index in [1.807, 2.05) is 45.9 Å². The third-order valence-electron chi connectivity index (χ3n) is 6.18. The summed E-state index contributed by atoms with van der Waals surface area (Å²) in [6, 6.07) is 1.83. The Hall–Kier alpha value is -1.93. The summed E-state index contributed by atoms with van der Waals surface area (Å²) in [6.07, 6.45) is 5.11. The molecule has 0 spiro atoms. The van der Waals surface area contributed by atoms with Gasteiger partial charge in [-0.1, -0.05) is 6.08 Å². The van der Waals surface area contributed by atoms with Crippen LogP contribution < -0.4 is 5.32 Å². The van der Waals surface area contributed by atoms with Crippen LogP contribution >= 0.6 is 22.9 Å². The maximum absolute atomic E-state index is 12.5. The lowest BCUT2D eigenvalue weighted by Gasteiger charge is -2.35.